The van der Waals surface area contributed by atoms with Crippen LogP contribution in [0.25, 0.3) is 0 Å². The Kier molecular flexibility index (Phi) is 4.73. The molecule has 0 radical (unpaired) electrons. The lowest BCUT2D eigenvalue weighted by molar-refractivity contribution is -0.122. The van der Waals surface area contributed by atoms with Crippen LogP contribution in [0, 0.1) is 0 Å². The molecule has 3 rings (SSSR count). The summed E-state index contributed by atoms with van der Waals surface area (Å²) in [5.74, 6) is 0.0740. The van der Waals surface area contributed by atoms with Gasteiger partial charge in [0.2, 0.25) is 5.91 Å². The van der Waals surface area contributed by atoms with Crippen molar-refractivity contribution in [3.8, 4) is 0 Å². The fourth-order valence-corrected chi connectivity index (χ4v) is 4.01. The smallest absolute Gasteiger partial charge is 0.229 e. The summed E-state index contributed by atoms with van der Waals surface area (Å²) < 4.78 is 29.1. The van der Waals surface area contributed by atoms with E-state index in [4.69, 9.17) is 4.74 Å². The van der Waals surface area contributed by atoms with Crippen LogP contribution < -0.4 is 4.90 Å². The highest BCUT2D eigenvalue weighted by Crippen LogP contribution is 2.30. The number of aryl methyl sites for hydroxylation is 1. The molecule has 1 saturated heterocycles. The molecule has 1 aromatic carbocycles. The lowest BCUT2D eigenvalue weighted by Gasteiger charge is -2.31. The summed E-state index contributed by atoms with van der Waals surface area (Å²) in [5.41, 5.74) is 1.79. The number of sulfone groups is 1. The minimum absolute atomic E-state index is 0.0249. The van der Waals surface area contributed by atoms with E-state index in [1.165, 1.54) is 6.26 Å². The number of nitrogens with zero attached hydrogens (tertiary/aromatic N) is 1. The van der Waals surface area contributed by atoms with Crippen LogP contribution in [0.5, 0.6) is 0 Å². The summed E-state index contributed by atoms with van der Waals surface area (Å²) in [5, 5.41) is 0. The molecule has 2 heterocycles. The van der Waals surface area contributed by atoms with E-state index >= 15 is 0 Å². The molecule has 0 spiro atoms. The minimum atomic E-state index is -3.22. The van der Waals surface area contributed by atoms with E-state index in [9.17, 15) is 13.2 Å². The van der Waals surface area contributed by atoms with Gasteiger partial charge in [-0.2, -0.15) is 0 Å². The standard InChI is InChI=1S/C17H23NO4S/c1-23(20,21)15-7-8-16-13(11-15)5-4-9-18(16)17(19)12-14-6-2-3-10-22-14/h7-8,11,14H,2-6,9-10,12H2,1H3. The Balaban J connectivity index is 1.79. The summed E-state index contributed by atoms with van der Waals surface area (Å²) in [7, 11) is -3.22. The van der Waals surface area contributed by atoms with Gasteiger partial charge in [-0.05, 0) is 55.9 Å². The highest BCUT2D eigenvalue weighted by Gasteiger charge is 2.26. The first-order chi connectivity index (χ1) is 10.9. The molecule has 1 aromatic rings. The Morgan fingerprint density at radius 1 is 1.30 bits per heavy atom. The lowest BCUT2D eigenvalue weighted by Crippen LogP contribution is -2.38. The molecule has 0 aliphatic carbocycles. The van der Waals surface area contributed by atoms with Gasteiger partial charge in [0.05, 0.1) is 17.4 Å². The van der Waals surface area contributed by atoms with E-state index in [0.29, 0.717) is 17.9 Å². The fraction of sp³-hybridized carbons (Fsp3) is 0.588. The average molecular weight is 337 g/mol. The van der Waals surface area contributed by atoms with Crippen LogP contribution in [-0.4, -0.2) is 39.8 Å². The van der Waals surface area contributed by atoms with Crippen molar-refractivity contribution in [1.82, 2.24) is 0 Å². The van der Waals surface area contributed by atoms with Crippen LogP contribution in [0.4, 0.5) is 5.69 Å². The van der Waals surface area contributed by atoms with Crippen LogP contribution in [0.15, 0.2) is 23.1 Å². The van der Waals surface area contributed by atoms with E-state index < -0.39 is 9.84 Å². The Morgan fingerprint density at radius 2 is 2.13 bits per heavy atom. The van der Waals surface area contributed by atoms with Crippen LogP contribution in [0.3, 0.4) is 0 Å². The van der Waals surface area contributed by atoms with Gasteiger partial charge in [0.1, 0.15) is 0 Å². The van der Waals surface area contributed by atoms with Gasteiger partial charge >= 0.3 is 0 Å². The zero-order valence-electron chi connectivity index (χ0n) is 13.5. The molecule has 1 amide bonds. The first-order valence-corrected chi connectivity index (χ1v) is 10.1. The van der Waals surface area contributed by atoms with E-state index in [2.05, 4.69) is 0 Å². The number of carbonyl (C=O) groups excluding carboxylic acids is 1. The van der Waals surface area contributed by atoms with E-state index in [-0.39, 0.29) is 12.0 Å². The first-order valence-electron chi connectivity index (χ1n) is 8.20. The number of rotatable bonds is 3. The number of ether oxygens (including phenoxy) is 1. The molecular formula is C17H23NO4S. The second-order valence-corrected chi connectivity index (χ2v) is 8.42. The van der Waals surface area contributed by atoms with Crippen LogP contribution >= 0.6 is 0 Å². The van der Waals surface area contributed by atoms with Gasteiger partial charge in [0.15, 0.2) is 9.84 Å². The normalized spacial score (nSPS) is 21.8. The third-order valence-corrected chi connectivity index (χ3v) is 5.69. The SMILES string of the molecule is CS(=O)(=O)c1ccc2c(c1)CCCN2C(=O)CC1CCCCO1. The van der Waals surface area contributed by atoms with Gasteiger partial charge in [0.25, 0.3) is 0 Å². The number of anilines is 1. The van der Waals surface area contributed by atoms with E-state index in [1.807, 2.05) is 0 Å². The average Bonchev–Trinajstić information content (AvgIpc) is 2.54. The molecule has 1 fully saturated rings. The van der Waals surface area contributed by atoms with Crippen molar-refractivity contribution < 1.29 is 17.9 Å². The minimum Gasteiger partial charge on any atom is -0.378 e. The van der Waals surface area contributed by atoms with Crippen LogP contribution in [-0.2, 0) is 25.8 Å². The predicted molar refractivity (Wildman–Crippen MR) is 88.4 cm³/mol. The van der Waals surface area contributed by atoms with Crippen molar-refractivity contribution in [2.45, 2.75) is 49.5 Å². The van der Waals surface area contributed by atoms with Crippen molar-refractivity contribution in [1.29, 1.82) is 0 Å². The number of carbonyl (C=O) groups is 1. The summed E-state index contributed by atoms with van der Waals surface area (Å²) in [6.07, 6.45) is 6.45. The molecule has 1 atom stereocenters. The molecule has 6 heteroatoms. The Morgan fingerprint density at radius 3 is 2.83 bits per heavy atom. The highest BCUT2D eigenvalue weighted by molar-refractivity contribution is 7.90. The Bertz CT molecular complexity index is 693. The molecule has 0 saturated carbocycles. The van der Waals surface area contributed by atoms with Gasteiger partial charge < -0.3 is 9.64 Å². The second-order valence-electron chi connectivity index (χ2n) is 6.40. The second kappa shape index (κ2) is 6.61. The maximum Gasteiger partial charge on any atom is 0.229 e. The molecule has 0 aromatic heterocycles. The number of hydrogen-bond donors (Lipinski definition) is 0. The van der Waals surface area contributed by atoms with Crippen molar-refractivity contribution >= 4 is 21.4 Å². The highest BCUT2D eigenvalue weighted by atomic mass is 32.2. The van der Waals surface area contributed by atoms with Gasteiger partial charge in [-0.15, -0.1) is 0 Å². The Labute approximate surface area is 137 Å². The summed E-state index contributed by atoms with van der Waals surface area (Å²) >= 11 is 0. The van der Waals surface area contributed by atoms with Crippen LogP contribution in [0.2, 0.25) is 0 Å². The fourth-order valence-electron chi connectivity index (χ4n) is 3.34. The van der Waals surface area contributed by atoms with Gasteiger partial charge in [-0.3, -0.25) is 4.79 Å². The van der Waals surface area contributed by atoms with Gasteiger partial charge in [-0.1, -0.05) is 0 Å². The first kappa shape index (κ1) is 16.5. The van der Waals surface area contributed by atoms with Crippen molar-refractivity contribution in [2.75, 3.05) is 24.3 Å². The molecule has 2 aliphatic rings. The van der Waals surface area contributed by atoms with Crippen molar-refractivity contribution in [3.05, 3.63) is 23.8 Å². The Hall–Kier alpha value is -1.40. The predicted octanol–water partition coefficient (Wildman–Crippen LogP) is 2.33. The number of fused-ring (bicyclic) bond motifs is 1. The van der Waals surface area contributed by atoms with Crippen LogP contribution in [0.1, 0.15) is 37.7 Å². The van der Waals surface area contributed by atoms with E-state index in [1.54, 1.807) is 23.1 Å². The molecule has 1 unspecified atom stereocenters. The zero-order valence-corrected chi connectivity index (χ0v) is 14.3. The van der Waals surface area contributed by atoms with E-state index in [0.717, 1.165) is 50.0 Å². The molecule has 0 N–H and O–H groups in total. The van der Waals surface area contributed by atoms with Crippen molar-refractivity contribution in [3.63, 3.8) is 0 Å². The summed E-state index contributed by atoms with van der Waals surface area (Å²) in [4.78, 5) is 14.8. The van der Waals surface area contributed by atoms with Gasteiger partial charge in [-0.25, -0.2) is 8.42 Å². The molecule has 2 aliphatic heterocycles. The largest absolute Gasteiger partial charge is 0.378 e. The zero-order chi connectivity index (χ0) is 16.4. The maximum atomic E-state index is 12.6. The quantitative estimate of drug-likeness (QED) is 0.849. The number of amides is 1. The monoisotopic (exact) mass is 337 g/mol. The van der Waals surface area contributed by atoms with Crippen molar-refractivity contribution in [2.24, 2.45) is 0 Å². The summed E-state index contributed by atoms with van der Waals surface area (Å²) in [6, 6.07) is 5.07. The molecule has 23 heavy (non-hydrogen) atoms. The molecule has 0 bridgehead atoms. The molecular weight excluding hydrogens is 314 g/mol. The lowest BCUT2D eigenvalue weighted by atomic mass is 10.00. The third-order valence-electron chi connectivity index (χ3n) is 4.58. The number of hydrogen-bond acceptors (Lipinski definition) is 4. The topological polar surface area (TPSA) is 63.7 Å². The summed E-state index contributed by atoms with van der Waals surface area (Å²) in [6.45, 7) is 1.43. The molecule has 126 valence electrons. The third kappa shape index (κ3) is 3.75. The van der Waals surface area contributed by atoms with Gasteiger partial charge in [0, 0.05) is 25.1 Å². The maximum absolute atomic E-state index is 12.6. The number of benzene rings is 1. The molecule has 5 nitrogen and oxygen atoms in total.